The van der Waals surface area contributed by atoms with Crippen molar-refractivity contribution in [2.75, 3.05) is 5.32 Å². The smallest absolute Gasteiger partial charge is 0.339 e. The number of nitrogens with one attached hydrogen (secondary N) is 1. The Hall–Kier alpha value is -1.36. The summed E-state index contributed by atoms with van der Waals surface area (Å²) < 4.78 is 0. The van der Waals surface area contributed by atoms with Crippen molar-refractivity contribution >= 4 is 28.2 Å². The highest BCUT2D eigenvalue weighted by atomic mass is 32.1. The van der Waals surface area contributed by atoms with Crippen molar-refractivity contribution in [3.05, 3.63) is 16.5 Å². The molecule has 1 amide bonds. The zero-order valence-corrected chi connectivity index (χ0v) is 11.2. The van der Waals surface area contributed by atoms with Crippen LogP contribution in [0.4, 0.5) is 5.00 Å². The molecule has 1 fully saturated rings. The summed E-state index contributed by atoms with van der Waals surface area (Å²) >= 11 is 1.31. The predicted molar refractivity (Wildman–Crippen MR) is 71.4 cm³/mol. The van der Waals surface area contributed by atoms with Gasteiger partial charge in [0.2, 0.25) is 5.91 Å². The molecule has 0 radical (unpaired) electrons. The topological polar surface area (TPSA) is 66.4 Å². The van der Waals surface area contributed by atoms with E-state index in [2.05, 4.69) is 5.32 Å². The summed E-state index contributed by atoms with van der Waals surface area (Å²) in [7, 11) is 0. The van der Waals surface area contributed by atoms with Crippen molar-refractivity contribution in [2.24, 2.45) is 0 Å². The summed E-state index contributed by atoms with van der Waals surface area (Å²) in [6.07, 6.45) is 5.67. The second kappa shape index (κ2) is 5.52. The van der Waals surface area contributed by atoms with Crippen LogP contribution in [0.25, 0.3) is 0 Å². The third-order valence-corrected chi connectivity index (χ3v) is 4.28. The monoisotopic (exact) mass is 267 g/mol. The molecule has 0 unspecified atom stereocenters. The average Bonchev–Trinajstić information content (AvgIpc) is 2.73. The van der Waals surface area contributed by atoms with E-state index in [0.29, 0.717) is 16.5 Å². The fourth-order valence-electron chi connectivity index (χ4n) is 2.56. The quantitative estimate of drug-likeness (QED) is 0.881. The summed E-state index contributed by atoms with van der Waals surface area (Å²) in [4.78, 5) is 22.5. The van der Waals surface area contributed by atoms with E-state index in [1.807, 2.05) is 5.38 Å². The minimum atomic E-state index is -0.944. The molecule has 98 valence electrons. The summed E-state index contributed by atoms with van der Waals surface area (Å²) in [6, 6.07) is 0. The number of carboxylic acid groups (broad SMARTS) is 1. The van der Waals surface area contributed by atoms with E-state index < -0.39 is 5.97 Å². The van der Waals surface area contributed by atoms with Crippen LogP contribution in [0.2, 0.25) is 0 Å². The number of anilines is 1. The van der Waals surface area contributed by atoms with E-state index in [1.165, 1.54) is 24.7 Å². The van der Waals surface area contributed by atoms with Crippen molar-refractivity contribution in [2.45, 2.75) is 44.9 Å². The first-order valence-electron chi connectivity index (χ1n) is 6.22. The lowest BCUT2D eigenvalue weighted by Crippen LogP contribution is -2.12. The second-order valence-electron chi connectivity index (χ2n) is 4.72. The number of carbonyl (C=O) groups is 2. The van der Waals surface area contributed by atoms with Gasteiger partial charge in [-0.25, -0.2) is 4.79 Å². The molecule has 1 aromatic rings. The number of thiophene rings is 1. The number of carboxylic acids is 1. The van der Waals surface area contributed by atoms with E-state index in [4.69, 9.17) is 0 Å². The van der Waals surface area contributed by atoms with Crippen molar-refractivity contribution in [3.63, 3.8) is 0 Å². The largest absolute Gasteiger partial charge is 0.478 e. The molecule has 0 aliphatic heterocycles. The van der Waals surface area contributed by atoms with Crippen molar-refractivity contribution in [3.8, 4) is 0 Å². The van der Waals surface area contributed by atoms with E-state index >= 15 is 0 Å². The zero-order valence-electron chi connectivity index (χ0n) is 10.4. The van der Waals surface area contributed by atoms with Gasteiger partial charge in [0.25, 0.3) is 0 Å². The van der Waals surface area contributed by atoms with Gasteiger partial charge in [-0.05, 0) is 29.7 Å². The first-order valence-corrected chi connectivity index (χ1v) is 7.10. The van der Waals surface area contributed by atoms with Crippen molar-refractivity contribution < 1.29 is 14.7 Å². The highest BCUT2D eigenvalue weighted by molar-refractivity contribution is 7.15. The molecule has 0 saturated heterocycles. The molecule has 0 spiro atoms. The molecule has 5 heteroatoms. The van der Waals surface area contributed by atoms with Crippen LogP contribution in [0.5, 0.6) is 0 Å². The first kappa shape index (κ1) is 13.1. The number of rotatable bonds is 3. The lowest BCUT2D eigenvalue weighted by molar-refractivity contribution is -0.114. The number of amides is 1. The van der Waals surface area contributed by atoms with Gasteiger partial charge in [-0.15, -0.1) is 11.3 Å². The normalized spacial score (nSPS) is 16.5. The Kier molecular flexibility index (Phi) is 4.01. The van der Waals surface area contributed by atoms with E-state index in [9.17, 15) is 14.7 Å². The third-order valence-electron chi connectivity index (χ3n) is 3.37. The highest BCUT2D eigenvalue weighted by Crippen LogP contribution is 2.40. The van der Waals surface area contributed by atoms with Gasteiger partial charge in [0.1, 0.15) is 5.00 Å². The van der Waals surface area contributed by atoms with Gasteiger partial charge >= 0.3 is 5.97 Å². The number of aromatic carboxylic acids is 1. The van der Waals surface area contributed by atoms with Gasteiger partial charge in [0, 0.05) is 6.92 Å². The molecule has 0 atom stereocenters. The number of hydrogen-bond acceptors (Lipinski definition) is 3. The molecule has 2 N–H and O–H groups in total. The fraction of sp³-hybridized carbons (Fsp3) is 0.538. The second-order valence-corrected chi connectivity index (χ2v) is 5.60. The minimum Gasteiger partial charge on any atom is -0.478 e. The van der Waals surface area contributed by atoms with Gasteiger partial charge in [0.15, 0.2) is 0 Å². The Morgan fingerprint density at radius 3 is 2.56 bits per heavy atom. The minimum absolute atomic E-state index is 0.227. The molecule has 18 heavy (non-hydrogen) atoms. The Morgan fingerprint density at radius 1 is 1.33 bits per heavy atom. The molecule has 2 rings (SSSR count). The summed E-state index contributed by atoms with van der Waals surface area (Å²) in [5, 5.41) is 14.3. The standard InChI is InChI=1S/C13H17NO3S/c1-8(15)14-12-11(13(16)17)10(7-18-12)9-5-3-2-4-6-9/h7,9H,2-6H2,1H3,(H,14,15)(H,16,17). The summed E-state index contributed by atoms with van der Waals surface area (Å²) in [5.74, 6) is -0.835. The molecule has 0 bridgehead atoms. The van der Waals surface area contributed by atoms with Crippen LogP contribution in [0, 0.1) is 0 Å². The van der Waals surface area contributed by atoms with Crippen molar-refractivity contribution in [1.82, 2.24) is 0 Å². The van der Waals surface area contributed by atoms with E-state index in [-0.39, 0.29) is 5.91 Å². The lowest BCUT2D eigenvalue weighted by atomic mass is 9.83. The van der Waals surface area contributed by atoms with Crippen LogP contribution in [0.3, 0.4) is 0 Å². The first-order chi connectivity index (χ1) is 8.59. The lowest BCUT2D eigenvalue weighted by Gasteiger charge is -2.21. The van der Waals surface area contributed by atoms with Crippen LogP contribution in [0.1, 0.15) is 60.9 Å². The summed E-state index contributed by atoms with van der Waals surface area (Å²) in [6.45, 7) is 1.39. The predicted octanol–water partition coefficient (Wildman–Crippen LogP) is 3.45. The van der Waals surface area contributed by atoms with Gasteiger partial charge in [-0.3, -0.25) is 4.79 Å². The molecule has 1 aliphatic carbocycles. The molecule has 0 aromatic carbocycles. The Bertz CT molecular complexity index is 461. The van der Waals surface area contributed by atoms with Gasteiger partial charge in [-0.1, -0.05) is 19.3 Å². The zero-order chi connectivity index (χ0) is 13.1. The molecule has 1 heterocycles. The number of carbonyl (C=O) groups excluding carboxylic acids is 1. The average molecular weight is 267 g/mol. The van der Waals surface area contributed by atoms with E-state index in [0.717, 1.165) is 31.2 Å². The van der Waals surface area contributed by atoms with Crippen LogP contribution in [-0.4, -0.2) is 17.0 Å². The van der Waals surface area contributed by atoms with Gasteiger partial charge < -0.3 is 10.4 Å². The fourth-order valence-corrected chi connectivity index (χ4v) is 3.64. The molecule has 1 aliphatic rings. The molecule has 4 nitrogen and oxygen atoms in total. The Balaban J connectivity index is 2.31. The van der Waals surface area contributed by atoms with E-state index in [1.54, 1.807) is 0 Å². The molecular weight excluding hydrogens is 250 g/mol. The van der Waals surface area contributed by atoms with Crippen molar-refractivity contribution in [1.29, 1.82) is 0 Å². The highest BCUT2D eigenvalue weighted by Gasteiger charge is 2.25. The van der Waals surface area contributed by atoms with Crippen LogP contribution in [-0.2, 0) is 4.79 Å². The maximum absolute atomic E-state index is 11.4. The number of hydrogen-bond donors (Lipinski definition) is 2. The Morgan fingerprint density at radius 2 is 2.00 bits per heavy atom. The maximum atomic E-state index is 11.4. The Labute approximate surface area is 110 Å². The van der Waals surface area contributed by atoms with Crippen LogP contribution in [0.15, 0.2) is 5.38 Å². The maximum Gasteiger partial charge on any atom is 0.339 e. The van der Waals surface area contributed by atoms with Gasteiger partial charge in [0.05, 0.1) is 5.56 Å². The molecule has 1 saturated carbocycles. The SMILES string of the molecule is CC(=O)Nc1scc(C2CCCCC2)c1C(=O)O. The van der Waals surface area contributed by atoms with Crippen LogP contribution < -0.4 is 5.32 Å². The van der Waals surface area contributed by atoms with Gasteiger partial charge in [-0.2, -0.15) is 0 Å². The van der Waals surface area contributed by atoms with Crippen LogP contribution >= 0.6 is 11.3 Å². The molecule has 1 aromatic heterocycles. The summed E-state index contributed by atoms with van der Waals surface area (Å²) in [5.41, 5.74) is 1.19. The molecular formula is C13H17NO3S. The third kappa shape index (κ3) is 2.72.